The maximum Gasteiger partial charge on any atom is 0.150 e. The van der Waals surface area contributed by atoms with Gasteiger partial charge in [-0.1, -0.05) is 5.57 Å². The van der Waals surface area contributed by atoms with E-state index in [0.717, 1.165) is 32.1 Å². The quantitative estimate of drug-likeness (QED) is 0.748. The minimum Gasteiger partial charge on any atom is -0.380 e. The Balaban J connectivity index is 2.81. The molecule has 2 N–H and O–H groups in total. The molecule has 0 amide bonds. The van der Waals surface area contributed by atoms with E-state index in [9.17, 15) is 8.42 Å². The van der Waals surface area contributed by atoms with Gasteiger partial charge in [-0.25, -0.2) is 8.42 Å². The lowest BCUT2D eigenvalue weighted by Gasteiger charge is -2.25. The molecule has 0 aromatic rings. The fraction of sp³-hybridized carbons (Fsp3) is 0.846. The topological polar surface area (TPSA) is 69.4 Å². The molecule has 0 heterocycles. The molecule has 0 saturated heterocycles. The van der Waals surface area contributed by atoms with E-state index < -0.39 is 9.84 Å². The third-order valence-electron chi connectivity index (χ3n) is 3.59. The standard InChI is InChI=1S/C13H25NO3S/c1-17-10-12(6-4-8-14)11-5-3-7-13(9-11)18(2,15)16/h13H,3-10,14H2,1-2H3. The fourth-order valence-corrected chi connectivity index (χ4v) is 3.65. The van der Waals surface area contributed by atoms with Crippen LogP contribution in [0.25, 0.3) is 0 Å². The predicted octanol–water partition coefficient (Wildman–Crippen LogP) is 1.66. The second-order valence-electron chi connectivity index (χ2n) is 5.08. The minimum atomic E-state index is -2.93. The van der Waals surface area contributed by atoms with Crippen LogP contribution in [0.15, 0.2) is 11.1 Å². The van der Waals surface area contributed by atoms with Gasteiger partial charge in [-0.15, -0.1) is 0 Å². The molecule has 106 valence electrons. The number of hydrogen-bond acceptors (Lipinski definition) is 4. The van der Waals surface area contributed by atoms with Gasteiger partial charge in [-0.05, 0) is 50.6 Å². The molecule has 1 aliphatic carbocycles. The second kappa shape index (κ2) is 7.26. The monoisotopic (exact) mass is 275 g/mol. The van der Waals surface area contributed by atoms with Gasteiger partial charge in [0.15, 0.2) is 9.84 Å². The van der Waals surface area contributed by atoms with Crippen molar-refractivity contribution < 1.29 is 13.2 Å². The first kappa shape index (κ1) is 15.7. The number of hydrogen-bond donors (Lipinski definition) is 1. The summed E-state index contributed by atoms with van der Waals surface area (Å²) in [5, 5.41) is -0.203. The fourth-order valence-electron chi connectivity index (χ4n) is 2.55. The first-order valence-corrected chi connectivity index (χ1v) is 8.52. The third-order valence-corrected chi connectivity index (χ3v) is 5.20. The van der Waals surface area contributed by atoms with E-state index in [1.165, 1.54) is 17.4 Å². The van der Waals surface area contributed by atoms with Gasteiger partial charge in [0.1, 0.15) is 0 Å². The van der Waals surface area contributed by atoms with E-state index in [0.29, 0.717) is 19.6 Å². The maximum absolute atomic E-state index is 11.7. The highest BCUT2D eigenvalue weighted by Gasteiger charge is 2.26. The Hall–Kier alpha value is -0.390. The average molecular weight is 275 g/mol. The highest BCUT2D eigenvalue weighted by molar-refractivity contribution is 7.91. The van der Waals surface area contributed by atoms with Crippen molar-refractivity contribution in [3.63, 3.8) is 0 Å². The highest BCUT2D eigenvalue weighted by Crippen LogP contribution is 2.31. The summed E-state index contributed by atoms with van der Waals surface area (Å²) in [4.78, 5) is 0. The van der Waals surface area contributed by atoms with Crippen molar-refractivity contribution in [2.75, 3.05) is 26.5 Å². The van der Waals surface area contributed by atoms with Crippen molar-refractivity contribution in [3.8, 4) is 0 Å². The molecule has 0 radical (unpaired) electrons. The van der Waals surface area contributed by atoms with Crippen LogP contribution >= 0.6 is 0 Å². The van der Waals surface area contributed by atoms with Gasteiger partial charge in [0.05, 0.1) is 11.9 Å². The number of allylic oxidation sites excluding steroid dienone is 1. The number of sulfone groups is 1. The van der Waals surface area contributed by atoms with Crippen molar-refractivity contribution in [2.45, 2.75) is 43.8 Å². The Morgan fingerprint density at radius 3 is 2.78 bits per heavy atom. The van der Waals surface area contributed by atoms with Gasteiger partial charge in [0.25, 0.3) is 0 Å². The summed E-state index contributed by atoms with van der Waals surface area (Å²) >= 11 is 0. The van der Waals surface area contributed by atoms with Crippen molar-refractivity contribution >= 4 is 9.84 Å². The van der Waals surface area contributed by atoms with E-state index in [2.05, 4.69) is 0 Å². The molecule has 1 fully saturated rings. The lowest BCUT2D eigenvalue weighted by molar-refractivity contribution is 0.221. The molecule has 5 heteroatoms. The summed E-state index contributed by atoms with van der Waals surface area (Å²) in [7, 11) is -1.25. The zero-order chi connectivity index (χ0) is 13.6. The maximum atomic E-state index is 11.7. The molecule has 0 aromatic heterocycles. The van der Waals surface area contributed by atoms with Crippen LogP contribution in [0, 0.1) is 0 Å². The summed E-state index contributed by atoms with van der Waals surface area (Å²) in [5.74, 6) is 0. The Kier molecular flexibility index (Phi) is 6.32. The molecular formula is C13H25NO3S. The Morgan fingerprint density at radius 2 is 2.22 bits per heavy atom. The van der Waals surface area contributed by atoms with Crippen LogP contribution in [0.4, 0.5) is 0 Å². The molecule has 0 aromatic carbocycles. The van der Waals surface area contributed by atoms with Crippen LogP contribution in [0.3, 0.4) is 0 Å². The van der Waals surface area contributed by atoms with Gasteiger partial charge in [0.2, 0.25) is 0 Å². The third kappa shape index (κ3) is 4.71. The van der Waals surface area contributed by atoms with Crippen molar-refractivity contribution in [1.82, 2.24) is 0 Å². The molecule has 1 atom stereocenters. The van der Waals surface area contributed by atoms with Crippen LogP contribution in [0.2, 0.25) is 0 Å². The van der Waals surface area contributed by atoms with Gasteiger partial charge < -0.3 is 10.5 Å². The lowest BCUT2D eigenvalue weighted by atomic mass is 9.89. The largest absolute Gasteiger partial charge is 0.380 e. The normalized spacial score (nSPS) is 24.1. The Bertz CT molecular complexity index is 387. The molecule has 18 heavy (non-hydrogen) atoms. The molecular weight excluding hydrogens is 250 g/mol. The van der Waals surface area contributed by atoms with Gasteiger partial charge in [-0.3, -0.25) is 0 Å². The minimum absolute atomic E-state index is 0.203. The number of rotatable bonds is 6. The second-order valence-corrected chi connectivity index (χ2v) is 7.41. The highest BCUT2D eigenvalue weighted by atomic mass is 32.2. The van der Waals surface area contributed by atoms with Crippen LogP contribution < -0.4 is 5.73 Å². The Labute approximate surface area is 111 Å². The first-order valence-electron chi connectivity index (χ1n) is 6.56. The number of methoxy groups -OCH3 is 1. The van der Waals surface area contributed by atoms with E-state index in [4.69, 9.17) is 10.5 Å². The van der Waals surface area contributed by atoms with Crippen LogP contribution in [-0.2, 0) is 14.6 Å². The van der Waals surface area contributed by atoms with Crippen molar-refractivity contribution in [3.05, 3.63) is 11.1 Å². The summed E-state index contributed by atoms with van der Waals surface area (Å²) in [6.07, 6.45) is 6.65. The number of nitrogens with two attached hydrogens (primary N) is 1. The zero-order valence-corrected chi connectivity index (χ0v) is 12.3. The first-order chi connectivity index (χ1) is 8.49. The van der Waals surface area contributed by atoms with Crippen LogP contribution in [0.5, 0.6) is 0 Å². The Morgan fingerprint density at radius 1 is 1.50 bits per heavy atom. The summed E-state index contributed by atoms with van der Waals surface area (Å²) in [5.41, 5.74) is 8.08. The number of ether oxygens (including phenoxy) is 1. The van der Waals surface area contributed by atoms with Crippen molar-refractivity contribution in [2.24, 2.45) is 5.73 Å². The SMILES string of the molecule is COCC(CCCN)=C1CCCC(S(C)(=O)=O)C1. The molecule has 1 rings (SSSR count). The molecule has 1 unspecified atom stereocenters. The summed E-state index contributed by atoms with van der Waals surface area (Å²) in [6, 6.07) is 0. The summed E-state index contributed by atoms with van der Waals surface area (Å²) in [6.45, 7) is 1.27. The van der Waals surface area contributed by atoms with Gasteiger partial charge >= 0.3 is 0 Å². The lowest BCUT2D eigenvalue weighted by Crippen LogP contribution is -2.24. The molecule has 0 spiro atoms. The van der Waals surface area contributed by atoms with E-state index >= 15 is 0 Å². The summed E-state index contributed by atoms with van der Waals surface area (Å²) < 4.78 is 28.5. The molecule has 0 aliphatic heterocycles. The molecule has 0 bridgehead atoms. The molecule has 4 nitrogen and oxygen atoms in total. The smallest absolute Gasteiger partial charge is 0.150 e. The van der Waals surface area contributed by atoms with Crippen molar-refractivity contribution in [1.29, 1.82) is 0 Å². The predicted molar refractivity (Wildman–Crippen MR) is 74.3 cm³/mol. The average Bonchev–Trinajstić information content (AvgIpc) is 2.33. The van der Waals surface area contributed by atoms with Crippen LogP contribution in [-0.4, -0.2) is 40.2 Å². The molecule has 1 aliphatic rings. The van der Waals surface area contributed by atoms with Gasteiger partial charge in [0, 0.05) is 13.4 Å². The van der Waals surface area contributed by atoms with E-state index in [1.807, 2.05) is 0 Å². The van der Waals surface area contributed by atoms with E-state index in [-0.39, 0.29) is 5.25 Å². The van der Waals surface area contributed by atoms with E-state index in [1.54, 1.807) is 7.11 Å². The van der Waals surface area contributed by atoms with Gasteiger partial charge in [-0.2, -0.15) is 0 Å². The molecule has 1 saturated carbocycles. The zero-order valence-electron chi connectivity index (χ0n) is 11.4. The van der Waals surface area contributed by atoms with Crippen LogP contribution in [0.1, 0.15) is 38.5 Å².